The Kier molecular flexibility index (Phi) is 13.1. The van der Waals surface area contributed by atoms with Gasteiger partial charge in [0, 0.05) is 32.3 Å². The lowest BCUT2D eigenvalue weighted by Crippen LogP contribution is -2.43. The van der Waals surface area contributed by atoms with Gasteiger partial charge in [-0.1, -0.05) is 0 Å². The lowest BCUT2D eigenvalue weighted by atomic mass is 10.3. The van der Waals surface area contributed by atoms with Crippen LogP contribution in [0, 0.1) is 0 Å². The lowest BCUT2D eigenvalue weighted by molar-refractivity contribution is -0.120. The summed E-state index contributed by atoms with van der Waals surface area (Å²) in [4.78, 5) is 13.8. The third-order valence-corrected chi connectivity index (χ3v) is 3.18. The van der Waals surface area contributed by atoms with Gasteiger partial charge in [-0.2, -0.15) is 0 Å². The van der Waals surface area contributed by atoms with Gasteiger partial charge in [-0.15, -0.1) is 24.8 Å². The molecule has 1 saturated carbocycles. The van der Waals surface area contributed by atoms with Crippen LogP contribution >= 0.6 is 24.8 Å². The summed E-state index contributed by atoms with van der Waals surface area (Å²) in [6.07, 6.45) is 2.60. The van der Waals surface area contributed by atoms with Gasteiger partial charge >= 0.3 is 0 Å². The molecule has 1 unspecified atom stereocenters. The molecule has 1 aliphatic rings. The second-order valence-electron chi connectivity index (χ2n) is 4.72. The summed E-state index contributed by atoms with van der Waals surface area (Å²) in [7, 11) is 3.78. The first-order chi connectivity index (χ1) is 8.15. The molecule has 7 heteroatoms. The molecule has 5 nitrogen and oxygen atoms in total. The highest BCUT2D eigenvalue weighted by atomic mass is 35.5. The first-order valence-corrected chi connectivity index (χ1v) is 6.33. The Morgan fingerprint density at radius 1 is 1.42 bits per heavy atom. The molecule has 1 amide bonds. The zero-order valence-corrected chi connectivity index (χ0v) is 13.6. The van der Waals surface area contributed by atoms with Gasteiger partial charge in [0.2, 0.25) is 5.91 Å². The number of amides is 1. The van der Waals surface area contributed by atoms with E-state index in [1.165, 1.54) is 12.8 Å². The minimum Gasteiger partial charge on any atom is -0.383 e. The average molecular weight is 316 g/mol. The number of likely N-dealkylation sites (N-methyl/N-ethyl adjacent to an activating group) is 1. The van der Waals surface area contributed by atoms with E-state index in [9.17, 15) is 4.79 Å². The monoisotopic (exact) mass is 315 g/mol. The summed E-state index contributed by atoms with van der Waals surface area (Å²) in [5.74, 6) is 0.0529. The highest BCUT2D eigenvalue weighted by Crippen LogP contribution is 2.26. The molecule has 0 aromatic rings. The number of halogens is 2. The Labute approximate surface area is 128 Å². The van der Waals surface area contributed by atoms with E-state index in [0.29, 0.717) is 25.7 Å². The van der Waals surface area contributed by atoms with E-state index in [-0.39, 0.29) is 30.7 Å². The van der Waals surface area contributed by atoms with E-state index in [1.807, 2.05) is 0 Å². The van der Waals surface area contributed by atoms with E-state index in [1.54, 1.807) is 7.11 Å². The van der Waals surface area contributed by atoms with Gasteiger partial charge in [0.1, 0.15) is 0 Å². The van der Waals surface area contributed by atoms with E-state index in [4.69, 9.17) is 4.74 Å². The second-order valence-corrected chi connectivity index (χ2v) is 4.72. The number of ether oxygens (including phenoxy) is 1. The summed E-state index contributed by atoms with van der Waals surface area (Å²) >= 11 is 0. The smallest absolute Gasteiger partial charge is 0.234 e. The summed E-state index contributed by atoms with van der Waals surface area (Å²) in [5, 5.41) is 5.96. The van der Waals surface area contributed by atoms with Crippen LogP contribution in [0.5, 0.6) is 0 Å². The van der Waals surface area contributed by atoms with Gasteiger partial charge in [-0.3, -0.25) is 9.69 Å². The maximum atomic E-state index is 11.5. The molecule has 1 rings (SSSR count). The van der Waals surface area contributed by atoms with Crippen molar-refractivity contribution in [3.8, 4) is 0 Å². The fraction of sp³-hybridized carbons (Fsp3) is 0.917. The molecule has 0 heterocycles. The maximum Gasteiger partial charge on any atom is 0.234 e. The van der Waals surface area contributed by atoms with Crippen LogP contribution in [-0.4, -0.2) is 63.3 Å². The predicted octanol–water partition coefficient (Wildman–Crippen LogP) is 0.665. The van der Waals surface area contributed by atoms with Crippen molar-refractivity contribution in [2.24, 2.45) is 0 Å². The molecular formula is C12H27Cl2N3O2. The van der Waals surface area contributed by atoms with Crippen LogP contribution in [0.15, 0.2) is 0 Å². The minimum atomic E-state index is 0. The van der Waals surface area contributed by atoms with Crippen LogP contribution < -0.4 is 10.6 Å². The van der Waals surface area contributed by atoms with Crippen molar-refractivity contribution in [3.63, 3.8) is 0 Å². The van der Waals surface area contributed by atoms with E-state index < -0.39 is 0 Å². The fourth-order valence-corrected chi connectivity index (χ4v) is 1.69. The Morgan fingerprint density at radius 3 is 2.58 bits per heavy atom. The molecule has 0 radical (unpaired) electrons. The van der Waals surface area contributed by atoms with Crippen molar-refractivity contribution < 1.29 is 9.53 Å². The van der Waals surface area contributed by atoms with Crippen LogP contribution in [-0.2, 0) is 9.53 Å². The molecule has 19 heavy (non-hydrogen) atoms. The number of nitrogens with one attached hydrogen (secondary N) is 2. The molecule has 1 fully saturated rings. The van der Waals surface area contributed by atoms with Gasteiger partial charge < -0.3 is 15.4 Å². The number of hydrogen-bond acceptors (Lipinski definition) is 4. The molecule has 0 spiro atoms. The van der Waals surface area contributed by atoms with E-state index >= 15 is 0 Å². The minimum absolute atomic E-state index is 0. The zero-order valence-electron chi connectivity index (χ0n) is 12.0. The summed E-state index contributed by atoms with van der Waals surface area (Å²) in [5.41, 5.74) is 0. The third-order valence-electron chi connectivity index (χ3n) is 3.18. The molecule has 2 N–H and O–H groups in total. The first-order valence-electron chi connectivity index (χ1n) is 6.33. The standard InChI is InChI=1S/C12H25N3O2.2ClH/c1-10(15(2)11-4-5-11)8-14-12(16)9-13-6-7-17-3;;/h10-11,13H,4-9H2,1-3H3,(H,14,16);2*1H. The van der Waals surface area contributed by atoms with Crippen molar-refractivity contribution in [2.45, 2.75) is 31.8 Å². The Hall–Kier alpha value is -0.0700. The van der Waals surface area contributed by atoms with Crippen LogP contribution in [0.2, 0.25) is 0 Å². The van der Waals surface area contributed by atoms with Crippen LogP contribution in [0.3, 0.4) is 0 Å². The predicted molar refractivity (Wildman–Crippen MR) is 82.5 cm³/mol. The lowest BCUT2D eigenvalue weighted by Gasteiger charge is -2.24. The van der Waals surface area contributed by atoms with Crippen molar-refractivity contribution in [1.82, 2.24) is 15.5 Å². The summed E-state index contributed by atoms with van der Waals surface area (Å²) < 4.78 is 4.89. The number of carbonyl (C=O) groups excluding carboxylic acids is 1. The van der Waals surface area contributed by atoms with Crippen molar-refractivity contribution in [1.29, 1.82) is 0 Å². The van der Waals surface area contributed by atoms with Gasteiger partial charge in [0.25, 0.3) is 0 Å². The normalized spacial score (nSPS) is 15.4. The maximum absolute atomic E-state index is 11.5. The highest BCUT2D eigenvalue weighted by Gasteiger charge is 2.28. The Morgan fingerprint density at radius 2 is 2.05 bits per heavy atom. The molecule has 0 aromatic heterocycles. The topological polar surface area (TPSA) is 53.6 Å². The molecule has 1 aliphatic carbocycles. The summed E-state index contributed by atoms with van der Waals surface area (Å²) in [6, 6.07) is 1.15. The van der Waals surface area contributed by atoms with E-state index in [2.05, 4.69) is 29.5 Å². The van der Waals surface area contributed by atoms with Gasteiger partial charge in [-0.25, -0.2) is 0 Å². The van der Waals surface area contributed by atoms with Crippen LogP contribution in [0.25, 0.3) is 0 Å². The third kappa shape index (κ3) is 9.46. The number of carbonyl (C=O) groups is 1. The number of rotatable bonds is 9. The van der Waals surface area contributed by atoms with Gasteiger partial charge in [0.15, 0.2) is 0 Å². The van der Waals surface area contributed by atoms with Crippen molar-refractivity contribution >= 4 is 30.7 Å². The highest BCUT2D eigenvalue weighted by molar-refractivity contribution is 5.85. The SMILES string of the molecule is COCCNCC(=O)NCC(C)N(C)C1CC1.Cl.Cl. The Balaban J connectivity index is 0. The van der Waals surface area contributed by atoms with Gasteiger partial charge in [0.05, 0.1) is 13.2 Å². The molecule has 0 aliphatic heterocycles. The van der Waals surface area contributed by atoms with Gasteiger partial charge in [-0.05, 0) is 26.8 Å². The van der Waals surface area contributed by atoms with E-state index in [0.717, 1.165) is 12.6 Å². The molecule has 116 valence electrons. The zero-order chi connectivity index (χ0) is 12.7. The van der Waals surface area contributed by atoms with Crippen LogP contribution in [0.1, 0.15) is 19.8 Å². The number of nitrogens with zero attached hydrogens (tertiary/aromatic N) is 1. The number of methoxy groups -OCH3 is 1. The number of hydrogen-bond donors (Lipinski definition) is 2. The molecular weight excluding hydrogens is 289 g/mol. The summed E-state index contributed by atoms with van der Waals surface area (Å²) in [6.45, 7) is 4.58. The van der Waals surface area contributed by atoms with Crippen LogP contribution in [0.4, 0.5) is 0 Å². The molecule has 0 saturated heterocycles. The molecule has 0 bridgehead atoms. The second kappa shape index (κ2) is 11.7. The first kappa shape index (κ1) is 21.2. The average Bonchev–Trinajstić information content (AvgIpc) is 3.14. The van der Waals surface area contributed by atoms with Crippen molar-refractivity contribution in [2.75, 3.05) is 40.4 Å². The fourth-order valence-electron chi connectivity index (χ4n) is 1.69. The quantitative estimate of drug-likeness (QED) is 0.614. The Bertz CT molecular complexity index is 241. The van der Waals surface area contributed by atoms with Crippen molar-refractivity contribution in [3.05, 3.63) is 0 Å². The largest absolute Gasteiger partial charge is 0.383 e. The molecule has 1 atom stereocenters. The molecule has 0 aromatic carbocycles.